The van der Waals surface area contributed by atoms with E-state index in [1.807, 2.05) is 0 Å². The van der Waals surface area contributed by atoms with Crippen LogP contribution in [0.3, 0.4) is 0 Å². The van der Waals surface area contributed by atoms with Crippen LogP contribution in [-0.4, -0.2) is 30.3 Å². The largest absolute Gasteiger partial charge is 0.376 e. The maximum atomic E-state index is 11.8. The van der Waals surface area contributed by atoms with Crippen molar-refractivity contribution in [3.05, 3.63) is 33.8 Å². The van der Waals surface area contributed by atoms with Gasteiger partial charge in [-0.2, -0.15) is 0 Å². The van der Waals surface area contributed by atoms with Gasteiger partial charge in [0.25, 0.3) is 0 Å². The molecule has 1 atom stereocenters. The molecule has 1 aliphatic rings. The van der Waals surface area contributed by atoms with Gasteiger partial charge >= 0.3 is 0 Å². The zero-order chi connectivity index (χ0) is 15.9. The minimum Gasteiger partial charge on any atom is -0.376 e. The average molecular weight is 362 g/mol. The van der Waals surface area contributed by atoms with Gasteiger partial charge in [0, 0.05) is 13.2 Å². The first-order chi connectivity index (χ1) is 10.5. The maximum absolute atomic E-state index is 11.8. The van der Waals surface area contributed by atoms with Gasteiger partial charge in [0.15, 0.2) is 5.11 Å². The molecule has 1 aliphatic heterocycles. The number of benzene rings is 1. The van der Waals surface area contributed by atoms with E-state index in [4.69, 9.17) is 40.2 Å². The van der Waals surface area contributed by atoms with Crippen molar-refractivity contribution in [3.8, 4) is 0 Å². The second-order valence-electron chi connectivity index (χ2n) is 4.94. The van der Waals surface area contributed by atoms with Gasteiger partial charge in [-0.1, -0.05) is 29.3 Å². The lowest BCUT2D eigenvalue weighted by Crippen LogP contribution is -2.48. The van der Waals surface area contributed by atoms with Gasteiger partial charge in [0.1, 0.15) is 0 Å². The Morgan fingerprint density at radius 2 is 2.14 bits per heavy atom. The van der Waals surface area contributed by atoms with Crippen LogP contribution in [0.25, 0.3) is 0 Å². The quantitative estimate of drug-likeness (QED) is 0.566. The molecule has 22 heavy (non-hydrogen) atoms. The zero-order valence-corrected chi connectivity index (χ0v) is 14.2. The van der Waals surface area contributed by atoms with Crippen LogP contribution >= 0.6 is 35.4 Å². The van der Waals surface area contributed by atoms with Crippen LogP contribution in [0.1, 0.15) is 18.4 Å². The summed E-state index contributed by atoms with van der Waals surface area (Å²) in [7, 11) is 0. The number of hydrogen-bond acceptors (Lipinski definition) is 3. The lowest BCUT2D eigenvalue weighted by molar-refractivity contribution is -0.121. The summed E-state index contributed by atoms with van der Waals surface area (Å²) in [6, 6.07) is 5.08. The number of carbonyl (C=O) groups excluding carboxylic acids is 1. The van der Waals surface area contributed by atoms with Gasteiger partial charge in [0.05, 0.1) is 22.6 Å². The summed E-state index contributed by atoms with van der Waals surface area (Å²) in [4.78, 5) is 11.8. The number of amides is 1. The van der Waals surface area contributed by atoms with Crippen LogP contribution in [0.15, 0.2) is 18.2 Å². The lowest BCUT2D eigenvalue weighted by atomic mass is 10.1. The molecule has 0 spiro atoms. The van der Waals surface area contributed by atoms with E-state index in [2.05, 4.69) is 16.2 Å². The SMILES string of the molecule is O=C(Cc1ccc(Cl)c(Cl)c1)NNC(=S)NC[C@H]1CCCO1. The number of nitrogens with one attached hydrogen (secondary N) is 3. The van der Waals surface area contributed by atoms with E-state index < -0.39 is 0 Å². The minimum atomic E-state index is -0.223. The Kier molecular flexibility index (Phi) is 6.70. The summed E-state index contributed by atoms with van der Waals surface area (Å²) >= 11 is 16.8. The number of rotatable bonds is 4. The molecule has 0 saturated carbocycles. The van der Waals surface area contributed by atoms with E-state index in [9.17, 15) is 4.79 Å². The van der Waals surface area contributed by atoms with E-state index in [-0.39, 0.29) is 18.4 Å². The van der Waals surface area contributed by atoms with Crippen molar-refractivity contribution in [3.63, 3.8) is 0 Å². The Hall–Kier alpha value is -1.08. The fourth-order valence-corrected chi connectivity index (χ4v) is 2.52. The van der Waals surface area contributed by atoms with E-state index in [1.54, 1.807) is 18.2 Å². The minimum absolute atomic E-state index is 0.179. The first kappa shape index (κ1) is 17.3. The molecule has 0 radical (unpaired) electrons. The molecule has 0 aromatic heterocycles. The molecule has 2 rings (SSSR count). The summed E-state index contributed by atoms with van der Waals surface area (Å²) in [5.74, 6) is -0.223. The molecule has 3 N–H and O–H groups in total. The average Bonchev–Trinajstić information content (AvgIpc) is 3.00. The van der Waals surface area contributed by atoms with Crippen molar-refractivity contribution >= 4 is 46.4 Å². The predicted molar refractivity (Wildman–Crippen MR) is 91.0 cm³/mol. The fourth-order valence-electron chi connectivity index (χ4n) is 2.06. The Labute approximate surface area is 144 Å². The first-order valence-corrected chi connectivity index (χ1v) is 8.09. The van der Waals surface area contributed by atoms with Crippen LogP contribution in [-0.2, 0) is 16.0 Å². The molecule has 120 valence electrons. The van der Waals surface area contributed by atoms with E-state index in [0.717, 1.165) is 25.0 Å². The molecule has 0 aliphatic carbocycles. The van der Waals surface area contributed by atoms with Gasteiger partial charge in [0.2, 0.25) is 5.91 Å². The Balaban J connectivity index is 1.68. The van der Waals surface area contributed by atoms with E-state index in [1.165, 1.54) is 0 Å². The van der Waals surface area contributed by atoms with Crippen molar-refractivity contribution in [1.29, 1.82) is 0 Å². The van der Waals surface area contributed by atoms with Gasteiger partial charge in [-0.05, 0) is 42.8 Å². The second kappa shape index (κ2) is 8.53. The lowest BCUT2D eigenvalue weighted by Gasteiger charge is -2.14. The molecular formula is C14H17Cl2N3O2S. The molecule has 1 aromatic carbocycles. The van der Waals surface area contributed by atoms with Crippen LogP contribution < -0.4 is 16.2 Å². The number of hydrazine groups is 1. The second-order valence-corrected chi connectivity index (χ2v) is 6.17. The Morgan fingerprint density at radius 3 is 2.82 bits per heavy atom. The van der Waals surface area contributed by atoms with Crippen LogP contribution in [0.2, 0.25) is 10.0 Å². The van der Waals surface area contributed by atoms with Crippen LogP contribution in [0, 0.1) is 0 Å². The third-order valence-electron chi connectivity index (χ3n) is 3.18. The highest BCUT2D eigenvalue weighted by molar-refractivity contribution is 7.80. The van der Waals surface area contributed by atoms with Crippen molar-refractivity contribution in [2.75, 3.05) is 13.2 Å². The highest BCUT2D eigenvalue weighted by Crippen LogP contribution is 2.22. The molecule has 1 amide bonds. The molecule has 0 bridgehead atoms. The first-order valence-electron chi connectivity index (χ1n) is 6.93. The van der Waals surface area contributed by atoms with Crippen molar-refractivity contribution in [2.24, 2.45) is 0 Å². The highest BCUT2D eigenvalue weighted by atomic mass is 35.5. The molecule has 8 heteroatoms. The molecule has 5 nitrogen and oxygen atoms in total. The van der Waals surface area contributed by atoms with E-state index >= 15 is 0 Å². The molecule has 1 heterocycles. The maximum Gasteiger partial charge on any atom is 0.242 e. The summed E-state index contributed by atoms with van der Waals surface area (Å²) in [5.41, 5.74) is 5.96. The zero-order valence-electron chi connectivity index (χ0n) is 11.8. The van der Waals surface area contributed by atoms with Gasteiger partial charge in [-0.3, -0.25) is 15.6 Å². The van der Waals surface area contributed by atoms with Crippen molar-refractivity contribution < 1.29 is 9.53 Å². The monoisotopic (exact) mass is 361 g/mol. The van der Waals surface area contributed by atoms with Gasteiger partial charge in [-0.25, -0.2) is 0 Å². The molecule has 1 fully saturated rings. The summed E-state index contributed by atoms with van der Waals surface area (Å²) in [6.07, 6.45) is 2.47. The van der Waals surface area contributed by atoms with Crippen LogP contribution in [0.5, 0.6) is 0 Å². The normalized spacial score (nSPS) is 17.1. The molecule has 1 saturated heterocycles. The Bertz CT molecular complexity index is 551. The summed E-state index contributed by atoms with van der Waals surface area (Å²) < 4.78 is 5.47. The fraction of sp³-hybridized carbons (Fsp3) is 0.429. The topological polar surface area (TPSA) is 62.4 Å². The van der Waals surface area contributed by atoms with Crippen LogP contribution in [0.4, 0.5) is 0 Å². The number of halogens is 2. The smallest absolute Gasteiger partial charge is 0.242 e. The number of thiocarbonyl (C=S) groups is 1. The standard InChI is InChI=1S/C14H17Cl2N3O2S/c15-11-4-3-9(6-12(11)16)7-13(20)18-19-14(22)17-8-10-2-1-5-21-10/h3-4,6,10H,1-2,5,7-8H2,(H,18,20)(H2,17,19,22)/t10-/m1/s1. The highest BCUT2D eigenvalue weighted by Gasteiger charge is 2.15. The van der Waals surface area contributed by atoms with Gasteiger partial charge in [-0.15, -0.1) is 0 Å². The predicted octanol–water partition coefficient (Wildman–Crippen LogP) is 2.21. The van der Waals surface area contributed by atoms with Gasteiger partial charge < -0.3 is 10.1 Å². The third kappa shape index (κ3) is 5.61. The molecule has 0 unspecified atom stereocenters. The summed E-state index contributed by atoms with van der Waals surface area (Å²) in [6.45, 7) is 1.43. The van der Waals surface area contributed by atoms with Crippen molar-refractivity contribution in [2.45, 2.75) is 25.4 Å². The Morgan fingerprint density at radius 1 is 1.32 bits per heavy atom. The molecular weight excluding hydrogens is 345 g/mol. The number of carbonyl (C=O) groups is 1. The summed E-state index contributed by atoms with van der Waals surface area (Å²) in [5, 5.41) is 4.25. The third-order valence-corrected chi connectivity index (χ3v) is 4.16. The number of hydrogen-bond donors (Lipinski definition) is 3. The van der Waals surface area contributed by atoms with Crippen molar-refractivity contribution in [1.82, 2.24) is 16.2 Å². The number of ether oxygens (including phenoxy) is 1. The molecule has 1 aromatic rings. The van der Waals surface area contributed by atoms with E-state index in [0.29, 0.717) is 21.7 Å².